The molecule has 194 valence electrons. The number of anilines is 1. The van der Waals surface area contributed by atoms with Gasteiger partial charge in [-0.2, -0.15) is 0 Å². The van der Waals surface area contributed by atoms with Crippen molar-refractivity contribution in [2.75, 3.05) is 31.1 Å². The number of aryl methyl sites for hydroxylation is 4. The summed E-state index contributed by atoms with van der Waals surface area (Å²) in [6.07, 6.45) is 1.72. The van der Waals surface area contributed by atoms with E-state index in [2.05, 4.69) is 61.0 Å². The van der Waals surface area contributed by atoms with Crippen LogP contribution >= 0.6 is 0 Å². The molecule has 0 bridgehead atoms. The van der Waals surface area contributed by atoms with Crippen molar-refractivity contribution in [3.05, 3.63) is 69.8 Å². The largest absolute Gasteiger partial charge is 0.368 e. The Hall–Kier alpha value is -3.68. The molecule has 8 nitrogen and oxygen atoms in total. The molecule has 5 rings (SSSR count). The third kappa shape index (κ3) is 4.97. The number of carbonyl (C=O) groups is 1. The predicted molar refractivity (Wildman–Crippen MR) is 147 cm³/mol. The van der Waals surface area contributed by atoms with Gasteiger partial charge in [-0.3, -0.25) is 18.6 Å². The van der Waals surface area contributed by atoms with E-state index in [1.54, 1.807) is 4.57 Å². The Labute approximate surface area is 217 Å². The van der Waals surface area contributed by atoms with Crippen LogP contribution < -0.4 is 10.5 Å². The van der Waals surface area contributed by atoms with E-state index in [0.29, 0.717) is 55.4 Å². The smallest absolute Gasteiger partial charge is 0.262 e. The Kier molecular flexibility index (Phi) is 7.00. The molecular formula is C29H36N6O2. The molecule has 1 amide bonds. The number of hydrogen-bond acceptors (Lipinski definition) is 5. The zero-order valence-corrected chi connectivity index (χ0v) is 22.3. The molecule has 0 N–H and O–H groups in total. The van der Waals surface area contributed by atoms with Gasteiger partial charge < -0.3 is 9.80 Å². The van der Waals surface area contributed by atoms with Crippen LogP contribution in [0.4, 0.5) is 5.69 Å². The second kappa shape index (κ2) is 10.4. The zero-order chi connectivity index (χ0) is 26.1. The van der Waals surface area contributed by atoms with Gasteiger partial charge in [0.15, 0.2) is 0 Å². The normalized spacial score (nSPS) is 14.3. The van der Waals surface area contributed by atoms with Crippen molar-refractivity contribution in [3.8, 4) is 0 Å². The molecule has 1 fully saturated rings. The number of carbonyl (C=O) groups excluding carboxylic acids is 1. The van der Waals surface area contributed by atoms with E-state index in [1.807, 2.05) is 33.6 Å². The molecule has 0 aliphatic carbocycles. The molecule has 2 aromatic heterocycles. The fourth-order valence-electron chi connectivity index (χ4n) is 5.20. The predicted octanol–water partition coefficient (Wildman–Crippen LogP) is 3.99. The number of amides is 1. The second-order valence-corrected chi connectivity index (χ2v) is 10.6. The molecule has 0 atom stereocenters. The topological polar surface area (TPSA) is 75.7 Å². The number of para-hydroxylation sites is 1. The quantitative estimate of drug-likeness (QED) is 0.384. The number of hydrogen-bond donors (Lipinski definition) is 0. The van der Waals surface area contributed by atoms with Crippen molar-refractivity contribution >= 4 is 28.3 Å². The second-order valence-electron chi connectivity index (χ2n) is 10.6. The minimum Gasteiger partial charge on any atom is -0.368 e. The first kappa shape index (κ1) is 25.0. The van der Waals surface area contributed by atoms with E-state index in [0.717, 1.165) is 25.0 Å². The van der Waals surface area contributed by atoms with E-state index >= 15 is 0 Å². The minimum absolute atomic E-state index is 0.0412. The monoisotopic (exact) mass is 500 g/mol. The molecule has 0 radical (unpaired) electrons. The average molecular weight is 501 g/mol. The molecule has 1 aliphatic heterocycles. The summed E-state index contributed by atoms with van der Waals surface area (Å²) in [5.74, 6) is 1.87. The molecule has 3 heterocycles. The van der Waals surface area contributed by atoms with Crippen molar-refractivity contribution in [3.63, 3.8) is 0 Å². The Morgan fingerprint density at radius 2 is 1.76 bits per heavy atom. The highest BCUT2D eigenvalue weighted by molar-refractivity contribution is 5.80. The Balaban J connectivity index is 1.32. The lowest BCUT2D eigenvalue weighted by atomic mass is 10.1. The third-order valence-electron chi connectivity index (χ3n) is 7.41. The summed E-state index contributed by atoms with van der Waals surface area (Å²) >= 11 is 0. The fourth-order valence-corrected chi connectivity index (χ4v) is 5.20. The minimum atomic E-state index is -0.0412. The summed E-state index contributed by atoms with van der Waals surface area (Å²) in [6.45, 7) is 12.2. The van der Waals surface area contributed by atoms with Gasteiger partial charge in [0.1, 0.15) is 5.82 Å². The molecule has 1 saturated heterocycles. The number of nitrogens with zero attached hydrogens (tertiary/aromatic N) is 6. The molecule has 0 spiro atoms. The number of rotatable bonds is 7. The molecular weight excluding hydrogens is 464 g/mol. The number of piperazine rings is 1. The molecule has 37 heavy (non-hydrogen) atoms. The van der Waals surface area contributed by atoms with E-state index in [4.69, 9.17) is 0 Å². The maximum absolute atomic E-state index is 13.2. The molecule has 8 heteroatoms. The van der Waals surface area contributed by atoms with Gasteiger partial charge in [0.25, 0.3) is 5.56 Å². The van der Waals surface area contributed by atoms with Gasteiger partial charge in [-0.1, -0.05) is 38.1 Å². The lowest BCUT2D eigenvalue weighted by molar-refractivity contribution is -0.131. The summed E-state index contributed by atoms with van der Waals surface area (Å²) in [5.41, 5.74) is 4.53. The lowest BCUT2D eigenvalue weighted by Crippen LogP contribution is -2.49. The third-order valence-corrected chi connectivity index (χ3v) is 7.41. The maximum atomic E-state index is 13.2. The lowest BCUT2D eigenvalue weighted by Gasteiger charge is -2.37. The highest BCUT2D eigenvalue weighted by atomic mass is 16.2. The van der Waals surface area contributed by atoms with Gasteiger partial charge >= 0.3 is 0 Å². The highest BCUT2D eigenvalue weighted by Crippen LogP contribution is 2.23. The van der Waals surface area contributed by atoms with Gasteiger partial charge in [0.2, 0.25) is 11.7 Å². The van der Waals surface area contributed by atoms with Gasteiger partial charge in [-0.05, 0) is 55.5 Å². The molecule has 2 aromatic carbocycles. The number of fused-ring (bicyclic) bond motifs is 3. The first-order valence-corrected chi connectivity index (χ1v) is 13.3. The van der Waals surface area contributed by atoms with Crippen LogP contribution in [0.5, 0.6) is 0 Å². The summed E-state index contributed by atoms with van der Waals surface area (Å²) in [5, 5.41) is 9.48. The summed E-state index contributed by atoms with van der Waals surface area (Å²) < 4.78 is 3.69. The fraction of sp³-hybridized carbons (Fsp3) is 0.448. The van der Waals surface area contributed by atoms with Crippen LogP contribution in [-0.2, 0) is 17.8 Å². The number of aromatic nitrogens is 4. The Morgan fingerprint density at radius 3 is 2.51 bits per heavy atom. The van der Waals surface area contributed by atoms with Crippen molar-refractivity contribution in [1.82, 2.24) is 24.1 Å². The molecule has 0 saturated carbocycles. The standard InChI is InChI=1S/C29H36N6O2/c1-20(2)13-14-34-28(37)23-7-5-6-8-24(23)35-26(30-31-29(34)35)11-12-27(36)33-17-15-32(16-18-33)25-19-21(3)9-10-22(25)4/h5-10,19-20H,11-18H2,1-4H3. The van der Waals surface area contributed by atoms with Gasteiger partial charge in [0, 0.05) is 51.3 Å². The van der Waals surface area contributed by atoms with Crippen LogP contribution in [0.15, 0.2) is 47.3 Å². The molecule has 0 unspecified atom stereocenters. The van der Waals surface area contributed by atoms with Crippen molar-refractivity contribution in [2.45, 2.75) is 53.5 Å². The van der Waals surface area contributed by atoms with Crippen molar-refractivity contribution < 1.29 is 4.79 Å². The van der Waals surface area contributed by atoms with Crippen LogP contribution in [-0.4, -0.2) is 56.2 Å². The summed E-state index contributed by atoms with van der Waals surface area (Å²) in [7, 11) is 0. The Morgan fingerprint density at radius 1 is 1.00 bits per heavy atom. The van der Waals surface area contributed by atoms with Crippen LogP contribution in [0.1, 0.15) is 43.6 Å². The average Bonchev–Trinajstić information content (AvgIpc) is 3.32. The highest BCUT2D eigenvalue weighted by Gasteiger charge is 2.23. The van der Waals surface area contributed by atoms with Gasteiger partial charge in [-0.25, -0.2) is 0 Å². The van der Waals surface area contributed by atoms with Crippen LogP contribution in [0, 0.1) is 19.8 Å². The van der Waals surface area contributed by atoms with E-state index in [9.17, 15) is 9.59 Å². The van der Waals surface area contributed by atoms with Crippen LogP contribution in [0.25, 0.3) is 16.7 Å². The van der Waals surface area contributed by atoms with E-state index in [1.165, 1.54) is 16.8 Å². The van der Waals surface area contributed by atoms with Crippen molar-refractivity contribution in [2.24, 2.45) is 5.92 Å². The summed E-state index contributed by atoms with van der Waals surface area (Å²) in [6, 6.07) is 14.1. The molecule has 1 aliphatic rings. The maximum Gasteiger partial charge on any atom is 0.262 e. The first-order valence-electron chi connectivity index (χ1n) is 13.3. The SMILES string of the molecule is Cc1ccc(C)c(N2CCN(C(=O)CCc3nnc4n(CCC(C)C)c(=O)c5ccccc5n34)CC2)c1. The zero-order valence-electron chi connectivity index (χ0n) is 22.3. The number of benzene rings is 2. The van der Waals surface area contributed by atoms with E-state index < -0.39 is 0 Å². The first-order chi connectivity index (χ1) is 17.8. The van der Waals surface area contributed by atoms with Gasteiger partial charge in [0.05, 0.1) is 10.9 Å². The van der Waals surface area contributed by atoms with E-state index in [-0.39, 0.29) is 11.5 Å². The molecule has 4 aromatic rings. The van der Waals surface area contributed by atoms with Crippen LogP contribution in [0.2, 0.25) is 0 Å². The summed E-state index contributed by atoms with van der Waals surface area (Å²) in [4.78, 5) is 30.7. The van der Waals surface area contributed by atoms with Gasteiger partial charge in [-0.15, -0.1) is 10.2 Å². The van der Waals surface area contributed by atoms with Crippen molar-refractivity contribution in [1.29, 1.82) is 0 Å². The van der Waals surface area contributed by atoms with Crippen LogP contribution in [0.3, 0.4) is 0 Å². The Bertz CT molecular complexity index is 1490.